The summed E-state index contributed by atoms with van der Waals surface area (Å²) < 4.78 is 33.5. The molecule has 0 saturated carbocycles. The third-order valence-electron chi connectivity index (χ3n) is 5.56. The second-order valence-electron chi connectivity index (χ2n) is 7.36. The van der Waals surface area contributed by atoms with Crippen LogP contribution in [0.15, 0.2) is 47.5 Å². The molecular weight excluding hydrogens is 388 g/mol. The molecule has 3 heterocycles. The molecule has 0 spiro atoms. The van der Waals surface area contributed by atoms with Gasteiger partial charge in [0.25, 0.3) is 10.0 Å². The normalized spacial score (nSPS) is 21.6. The quantitative estimate of drug-likeness (QED) is 0.764. The fraction of sp³-hybridized carbons (Fsp3) is 0.429. The van der Waals surface area contributed by atoms with Crippen molar-refractivity contribution < 1.29 is 13.2 Å². The number of pyridine rings is 1. The van der Waals surface area contributed by atoms with Crippen molar-refractivity contribution in [1.29, 1.82) is 5.26 Å². The first-order valence-corrected chi connectivity index (χ1v) is 11.3. The van der Waals surface area contributed by atoms with Gasteiger partial charge in [-0.05, 0) is 37.1 Å². The Morgan fingerprint density at radius 2 is 1.83 bits per heavy atom. The fourth-order valence-corrected chi connectivity index (χ4v) is 5.41. The van der Waals surface area contributed by atoms with Crippen molar-refractivity contribution in [3.05, 3.63) is 48.0 Å². The number of piperidine rings is 1. The molecule has 1 atom stereocenters. The van der Waals surface area contributed by atoms with Crippen molar-refractivity contribution in [3.8, 4) is 17.3 Å². The molecule has 8 heteroatoms. The summed E-state index contributed by atoms with van der Waals surface area (Å²) >= 11 is 0. The van der Waals surface area contributed by atoms with Gasteiger partial charge >= 0.3 is 0 Å². The molecule has 4 rings (SSSR count). The van der Waals surface area contributed by atoms with Crippen LogP contribution in [0.1, 0.15) is 18.4 Å². The molecule has 7 nitrogen and oxygen atoms in total. The minimum absolute atomic E-state index is 0.0713. The Bertz CT molecular complexity index is 995. The van der Waals surface area contributed by atoms with E-state index < -0.39 is 10.0 Å². The van der Waals surface area contributed by atoms with E-state index in [1.807, 2.05) is 0 Å². The number of hydrogen-bond acceptors (Lipinski definition) is 6. The smallest absolute Gasteiger partial charge is 0.260 e. The molecule has 0 N–H and O–H groups in total. The highest BCUT2D eigenvalue weighted by Gasteiger charge is 2.34. The summed E-state index contributed by atoms with van der Waals surface area (Å²) in [5.41, 5.74) is 1.92. The van der Waals surface area contributed by atoms with Gasteiger partial charge in [0.1, 0.15) is 0 Å². The van der Waals surface area contributed by atoms with Gasteiger partial charge in [-0.2, -0.15) is 9.57 Å². The van der Waals surface area contributed by atoms with E-state index in [4.69, 9.17) is 10.00 Å². The lowest BCUT2D eigenvalue weighted by Gasteiger charge is -2.40. The van der Waals surface area contributed by atoms with E-state index in [1.165, 1.54) is 0 Å². The fourth-order valence-electron chi connectivity index (χ4n) is 3.95. The predicted octanol–water partition coefficient (Wildman–Crippen LogP) is 2.11. The summed E-state index contributed by atoms with van der Waals surface area (Å²) in [6, 6.07) is 14.3. The average molecular weight is 413 g/mol. The molecule has 29 heavy (non-hydrogen) atoms. The predicted molar refractivity (Wildman–Crippen MR) is 109 cm³/mol. The van der Waals surface area contributed by atoms with Gasteiger partial charge in [-0.3, -0.25) is 4.90 Å². The maximum atomic E-state index is 13.3. The van der Waals surface area contributed by atoms with Gasteiger partial charge in [-0.25, -0.2) is 13.4 Å². The highest BCUT2D eigenvalue weighted by Crippen LogP contribution is 2.25. The summed E-state index contributed by atoms with van der Waals surface area (Å²) in [6.45, 7) is 4.13. The van der Waals surface area contributed by atoms with Gasteiger partial charge in [-0.1, -0.05) is 18.2 Å². The third-order valence-corrected chi connectivity index (χ3v) is 7.33. The van der Waals surface area contributed by atoms with Crippen LogP contribution < -0.4 is 0 Å². The molecular formula is C21H24N4O3S. The van der Waals surface area contributed by atoms with Crippen LogP contribution in [0.3, 0.4) is 0 Å². The molecule has 1 aromatic carbocycles. The number of nitriles is 1. The van der Waals surface area contributed by atoms with Crippen molar-refractivity contribution in [2.45, 2.75) is 23.9 Å². The molecule has 2 saturated heterocycles. The topological polar surface area (TPSA) is 86.5 Å². The average Bonchev–Trinajstić information content (AvgIpc) is 2.80. The van der Waals surface area contributed by atoms with Crippen molar-refractivity contribution in [3.63, 3.8) is 0 Å². The standard InChI is InChI=1S/C21H24N4O3S/c22-15-17-6-8-18(9-7-17)20-4-1-5-21(23-20)29(26,27)25-10-2-3-19(16-25)24-11-13-28-14-12-24/h1,4-9,19H,2-3,10-14,16H2. The number of hydrogen-bond donors (Lipinski definition) is 0. The number of aromatic nitrogens is 1. The SMILES string of the molecule is N#Cc1ccc(-c2cccc(S(=O)(=O)N3CCCC(N4CCOCC4)C3)n2)cc1. The molecule has 2 aliphatic rings. The van der Waals surface area contributed by atoms with Gasteiger partial charge < -0.3 is 4.74 Å². The molecule has 1 unspecified atom stereocenters. The Hall–Kier alpha value is -2.31. The van der Waals surface area contributed by atoms with E-state index in [1.54, 1.807) is 46.8 Å². The highest BCUT2D eigenvalue weighted by molar-refractivity contribution is 7.89. The molecule has 2 fully saturated rings. The Balaban J connectivity index is 1.55. The number of sulfonamides is 1. The lowest BCUT2D eigenvalue weighted by Crippen LogP contribution is -2.52. The van der Waals surface area contributed by atoms with Crippen LogP contribution in [0.2, 0.25) is 0 Å². The van der Waals surface area contributed by atoms with Gasteiger partial charge in [0.05, 0.1) is 30.5 Å². The molecule has 0 radical (unpaired) electrons. The zero-order valence-corrected chi connectivity index (χ0v) is 17.0. The lowest BCUT2D eigenvalue weighted by atomic mass is 10.1. The van der Waals surface area contributed by atoms with Crippen molar-refractivity contribution in [2.75, 3.05) is 39.4 Å². The Morgan fingerprint density at radius 3 is 2.55 bits per heavy atom. The van der Waals surface area contributed by atoms with Crippen molar-refractivity contribution >= 4 is 10.0 Å². The lowest BCUT2D eigenvalue weighted by molar-refractivity contribution is 0.00536. The van der Waals surface area contributed by atoms with Crippen LogP contribution >= 0.6 is 0 Å². The van der Waals surface area contributed by atoms with Crippen LogP contribution in [-0.2, 0) is 14.8 Å². The number of nitrogens with zero attached hydrogens (tertiary/aromatic N) is 4. The molecule has 1 aromatic heterocycles. The molecule has 2 aromatic rings. The van der Waals surface area contributed by atoms with Crippen LogP contribution in [-0.4, -0.2) is 68.0 Å². The van der Waals surface area contributed by atoms with Crippen molar-refractivity contribution in [1.82, 2.24) is 14.2 Å². The van der Waals surface area contributed by atoms with Gasteiger partial charge in [0.2, 0.25) is 0 Å². The summed E-state index contributed by atoms with van der Waals surface area (Å²) in [7, 11) is -3.66. The maximum Gasteiger partial charge on any atom is 0.260 e. The summed E-state index contributed by atoms with van der Waals surface area (Å²) in [4.78, 5) is 6.78. The zero-order valence-electron chi connectivity index (χ0n) is 16.2. The summed E-state index contributed by atoms with van der Waals surface area (Å²) in [5.74, 6) is 0. The van der Waals surface area contributed by atoms with Gasteiger partial charge in [0.15, 0.2) is 5.03 Å². The third kappa shape index (κ3) is 4.33. The first-order valence-electron chi connectivity index (χ1n) is 9.87. The van der Waals surface area contributed by atoms with Crippen LogP contribution in [0.5, 0.6) is 0 Å². The summed E-state index contributed by atoms with van der Waals surface area (Å²) in [5, 5.41) is 9.02. The van der Waals surface area contributed by atoms with Crippen LogP contribution in [0, 0.1) is 11.3 Å². The maximum absolute atomic E-state index is 13.3. The van der Waals surface area contributed by atoms with E-state index in [2.05, 4.69) is 16.0 Å². The highest BCUT2D eigenvalue weighted by atomic mass is 32.2. The van der Waals surface area contributed by atoms with Gasteiger partial charge in [0, 0.05) is 37.8 Å². The number of ether oxygens (including phenoxy) is 1. The molecule has 0 aliphatic carbocycles. The van der Waals surface area contributed by atoms with E-state index in [0.29, 0.717) is 37.6 Å². The Morgan fingerprint density at radius 1 is 1.07 bits per heavy atom. The first-order chi connectivity index (χ1) is 14.1. The Labute approximate surface area is 171 Å². The minimum Gasteiger partial charge on any atom is -0.379 e. The molecule has 0 bridgehead atoms. The van der Waals surface area contributed by atoms with E-state index in [0.717, 1.165) is 31.5 Å². The molecule has 152 valence electrons. The first kappa shape index (κ1) is 20.0. The number of benzene rings is 1. The van der Waals surface area contributed by atoms with E-state index >= 15 is 0 Å². The van der Waals surface area contributed by atoms with Crippen LogP contribution in [0.25, 0.3) is 11.3 Å². The molecule has 2 aliphatic heterocycles. The van der Waals surface area contributed by atoms with Crippen molar-refractivity contribution in [2.24, 2.45) is 0 Å². The van der Waals surface area contributed by atoms with E-state index in [-0.39, 0.29) is 11.1 Å². The Kier molecular flexibility index (Phi) is 5.92. The second kappa shape index (κ2) is 8.59. The second-order valence-corrected chi connectivity index (χ2v) is 9.24. The van der Waals surface area contributed by atoms with Crippen LogP contribution in [0.4, 0.5) is 0 Å². The van der Waals surface area contributed by atoms with Gasteiger partial charge in [-0.15, -0.1) is 0 Å². The minimum atomic E-state index is -3.66. The summed E-state index contributed by atoms with van der Waals surface area (Å²) in [6.07, 6.45) is 1.85. The zero-order chi connectivity index (χ0) is 20.3. The number of morpholine rings is 1. The van der Waals surface area contributed by atoms with E-state index in [9.17, 15) is 8.42 Å². The molecule has 0 amide bonds. The largest absolute Gasteiger partial charge is 0.379 e. The number of rotatable bonds is 4. The monoisotopic (exact) mass is 412 g/mol.